The molecule has 0 aliphatic rings. The fourth-order valence-electron chi connectivity index (χ4n) is 1.61. The molecule has 0 radical (unpaired) electrons. The van der Waals surface area contributed by atoms with E-state index < -0.39 is 0 Å². The molecule has 0 aliphatic carbocycles. The second-order valence-electron chi connectivity index (χ2n) is 4.09. The number of nitrogens with two attached hydrogens (primary N) is 1. The highest BCUT2D eigenvalue weighted by molar-refractivity contribution is 14.1. The number of benzene rings is 2. The van der Waals surface area contributed by atoms with Gasteiger partial charge in [-0.1, -0.05) is 12.1 Å². The van der Waals surface area contributed by atoms with Crippen molar-refractivity contribution in [2.75, 3.05) is 11.1 Å². The number of anilines is 2. The lowest BCUT2D eigenvalue weighted by Gasteiger charge is -2.07. The van der Waals surface area contributed by atoms with E-state index in [1.807, 2.05) is 34.7 Å². The first-order valence-electron chi connectivity index (χ1n) is 5.64. The van der Waals surface area contributed by atoms with Crippen molar-refractivity contribution in [3.63, 3.8) is 0 Å². The molecule has 0 aliphatic heterocycles. The topological polar surface area (TPSA) is 55.1 Å². The van der Waals surface area contributed by atoms with Gasteiger partial charge in [-0.15, -0.1) is 0 Å². The Morgan fingerprint density at radius 1 is 1.21 bits per heavy atom. The van der Waals surface area contributed by atoms with Crippen LogP contribution in [0.4, 0.5) is 15.8 Å². The summed E-state index contributed by atoms with van der Waals surface area (Å²) in [5, 5.41) is 2.76. The quantitative estimate of drug-likeness (QED) is 0.644. The standard InChI is InChI=1S/C14H12FIN2O/c15-10-3-6-13(12(16)8-10)18-14(19)7-9-1-4-11(17)5-2-9/h1-6,8H,7,17H2,(H,18,19). The van der Waals surface area contributed by atoms with Crippen molar-refractivity contribution in [3.05, 3.63) is 57.4 Å². The van der Waals surface area contributed by atoms with Gasteiger partial charge in [0.05, 0.1) is 12.1 Å². The van der Waals surface area contributed by atoms with E-state index in [9.17, 15) is 9.18 Å². The summed E-state index contributed by atoms with van der Waals surface area (Å²) < 4.78 is 13.6. The van der Waals surface area contributed by atoms with Crippen LogP contribution in [0.5, 0.6) is 0 Å². The van der Waals surface area contributed by atoms with Gasteiger partial charge >= 0.3 is 0 Å². The fourth-order valence-corrected chi connectivity index (χ4v) is 2.22. The van der Waals surface area contributed by atoms with Crippen molar-refractivity contribution in [1.29, 1.82) is 0 Å². The summed E-state index contributed by atoms with van der Waals surface area (Å²) in [5.74, 6) is -0.463. The molecular weight excluding hydrogens is 358 g/mol. The van der Waals surface area contributed by atoms with Gasteiger partial charge in [-0.05, 0) is 58.5 Å². The molecule has 0 atom stereocenters. The van der Waals surface area contributed by atoms with Gasteiger partial charge in [-0.25, -0.2) is 4.39 Å². The number of hydrogen-bond acceptors (Lipinski definition) is 2. The number of amides is 1. The maximum Gasteiger partial charge on any atom is 0.228 e. The van der Waals surface area contributed by atoms with Gasteiger partial charge < -0.3 is 11.1 Å². The van der Waals surface area contributed by atoms with Crippen molar-refractivity contribution < 1.29 is 9.18 Å². The molecule has 0 aromatic heterocycles. The smallest absolute Gasteiger partial charge is 0.228 e. The monoisotopic (exact) mass is 370 g/mol. The van der Waals surface area contributed by atoms with Crippen LogP contribution in [-0.4, -0.2) is 5.91 Å². The molecule has 1 amide bonds. The van der Waals surface area contributed by atoms with Gasteiger partial charge in [-0.2, -0.15) is 0 Å². The molecule has 0 bridgehead atoms. The normalized spacial score (nSPS) is 10.2. The van der Waals surface area contributed by atoms with E-state index >= 15 is 0 Å². The Bertz CT molecular complexity index is 599. The first kappa shape index (κ1) is 13.8. The van der Waals surface area contributed by atoms with Crippen LogP contribution in [0.3, 0.4) is 0 Å². The van der Waals surface area contributed by atoms with E-state index in [1.54, 1.807) is 18.2 Å². The molecule has 0 heterocycles. The number of nitrogens with one attached hydrogen (secondary N) is 1. The molecule has 5 heteroatoms. The summed E-state index contributed by atoms with van der Waals surface area (Å²) in [6, 6.07) is 11.4. The van der Waals surface area contributed by atoms with E-state index in [0.717, 1.165) is 5.56 Å². The van der Waals surface area contributed by atoms with Crippen LogP contribution in [0.15, 0.2) is 42.5 Å². The number of nitrogen functional groups attached to an aromatic ring is 1. The SMILES string of the molecule is Nc1ccc(CC(=O)Nc2ccc(F)cc2I)cc1. The summed E-state index contributed by atoms with van der Waals surface area (Å²) in [4.78, 5) is 11.9. The third kappa shape index (κ3) is 3.92. The highest BCUT2D eigenvalue weighted by Crippen LogP contribution is 2.19. The van der Waals surface area contributed by atoms with Crippen LogP contribution < -0.4 is 11.1 Å². The summed E-state index contributed by atoms with van der Waals surface area (Å²) in [6.45, 7) is 0. The number of hydrogen-bond donors (Lipinski definition) is 2. The van der Waals surface area contributed by atoms with Gasteiger partial charge in [-0.3, -0.25) is 4.79 Å². The van der Waals surface area contributed by atoms with Crippen molar-refractivity contribution in [3.8, 4) is 0 Å². The van der Waals surface area contributed by atoms with Crippen LogP contribution in [0.2, 0.25) is 0 Å². The molecule has 2 aromatic rings. The molecule has 19 heavy (non-hydrogen) atoms. The molecule has 0 fully saturated rings. The van der Waals surface area contributed by atoms with Gasteiger partial charge in [0.25, 0.3) is 0 Å². The van der Waals surface area contributed by atoms with E-state index in [1.165, 1.54) is 12.1 Å². The van der Waals surface area contributed by atoms with Gasteiger partial charge in [0.2, 0.25) is 5.91 Å². The van der Waals surface area contributed by atoms with Crippen LogP contribution >= 0.6 is 22.6 Å². The molecule has 3 N–H and O–H groups in total. The van der Waals surface area contributed by atoms with E-state index in [4.69, 9.17) is 5.73 Å². The number of carbonyl (C=O) groups is 1. The Morgan fingerprint density at radius 2 is 1.89 bits per heavy atom. The lowest BCUT2D eigenvalue weighted by Crippen LogP contribution is -2.15. The van der Waals surface area contributed by atoms with Gasteiger partial charge in [0, 0.05) is 9.26 Å². The minimum atomic E-state index is -0.319. The van der Waals surface area contributed by atoms with Crippen molar-refractivity contribution in [2.24, 2.45) is 0 Å². The Balaban J connectivity index is 2.03. The maximum absolute atomic E-state index is 12.9. The first-order valence-corrected chi connectivity index (χ1v) is 6.72. The third-order valence-corrected chi connectivity index (χ3v) is 3.44. The van der Waals surface area contributed by atoms with E-state index in [0.29, 0.717) is 14.9 Å². The molecule has 0 unspecified atom stereocenters. The van der Waals surface area contributed by atoms with E-state index in [-0.39, 0.29) is 18.1 Å². The minimum absolute atomic E-state index is 0.144. The molecule has 98 valence electrons. The molecule has 2 rings (SSSR count). The third-order valence-electron chi connectivity index (χ3n) is 2.55. The van der Waals surface area contributed by atoms with Crippen molar-refractivity contribution >= 4 is 39.9 Å². The Morgan fingerprint density at radius 3 is 2.53 bits per heavy atom. The van der Waals surface area contributed by atoms with Crippen LogP contribution in [0.1, 0.15) is 5.56 Å². The lowest BCUT2D eigenvalue weighted by molar-refractivity contribution is -0.115. The molecule has 0 saturated heterocycles. The zero-order chi connectivity index (χ0) is 13.8. The number of rotatable bonds is 3. The minimum Gasteiger partial charge on any atom is -0.399 e. The van der Waals surface area contributed by atoms with E-state index in [2.05, 4.69) is 5.32 Å². The predicted octanol–water partition coefficient (Wildman–Crippen LogP) is 3.19. The van der Waals surface area contributed by atoms with Crippen LogP contribution in [-0.2, 0) is 11.2 Å². The van der Waals surface area contributed by atoms with Crippen LogP contribution in [0.25, 0.3) is 0 Å². The largest absolute Gasteiger partial charge is 0.399 e. The Kier molecular flexibility index (Phi) is 4.36. The van der Waals surface area contributed by atoms with Gasteiger partial charge in [0.15, 0.2) is 0 Å². The first-order chi connectivity index (χ1) is 9.04. The van der Waals surface area contributed by atoms with Crippen LogP contribution in [0, 0.1) is 9.39 Å². The highest BCUT2D eigenvalue weighted by Gasteiger charge is 2.07. The average molecular weight is 370 g/mol. The fraction of sp³-hybridized carbons (Fsp3) is 0.0714. The summed E-state index contributed by atoms with van der Waals surface area (Å²) in [5.41, 5.74) is 7.73. The molecule has 2 aromatic carbocycles. The highest BCUT2D eigenvalue weighted by atomic mass is 127. The van der Waals surface area contributed by atoms with Crippen molar-refractivity contribution in [2.45, 2.75) is 6.42 Å². The zero-order valence-electron chi connectivity index (χ0n) is 9.99. The Hall–Kier alpha value is -1.63. The second kappa shape index (κ2) is 6.01. The summed E-state index contributed by atoms with van der Waals surface area (Å²) in [7, 11) is 0. The summed E-state index contributed by atoms with van der Waals surface area (Å²) >= 11 is 1.98. The molecule has 0 saturated carbocycles. The zero-order valence-corrected chi connectivity index (χ0v) is 12.1. The number of halogens is 2. The number of carbonyl (C=O) groups excluding carboxylic acids is 1. The summed E-state index contributed by atoms with van der Waals surface area (Å²) in [6.07, 6.45) is 0.258. The predicted molar refractivity (Wildman–Crippen MR) is 82.3 cm³/mol. The average Bonchev–Trinajstić information content (AvgIpc) is 2.36. The Labute approximate surface area is 124 Å². The molecule has 0 spiro atoms. The molecular formula is C14H12FIN2O. The van der Waals surface area contributed by atoms with Gasteiger partial charge in [0.1, 0.15) is 5.82 Å². The second-order valence-corrected chi connectivity index (χ2v) is 5.25. The molecule has 3 nitrogen and oxygen atoms in total. The maximum atomic E-state index is 12.9. The van der Waals surface area contributed by atoms with Crippen molar-refractivity contribution in [1.82, 2.24) is 0 Å². The lowest BCUT2D eigenvalue weighted by atomic mass is 10.1.